The van der Waals surface area contributed by atoms with Crippen molar-refractivity contribution in [1.82, 2.24) is 19.0 Å². The molecule has 0 spiro atoms. The van der Waals surface area contributed by atoms with Crippen molar-refractivity contribution in [2.45, 2.75) is 25.3 Å². The molecule has 1 aromatic carbocycles. The summed E-state index contributed by atoms with van der Waals surface area (Å²) in [5, 5.41) is 2.79. The van der Waals surface area contributed by atoms with Gasteiger partial charge < -0.3 is 5.32 Å². The second kappa shape index (κ2) is 8.29. The third-order valence-electron chi connectivity index (χ3n) is 5.11. The molecule has 4 rings (SSSR count). The SMILES string of the molecule is CS(=O)(=O)N1CCCC(NC(=O)c2cnc3sc(Cc4ccccc4)cn3c2=O)C1. The van der Waals surface area contributed by atoms with E-state index in [9.17, 15) is 18.0 Å². The minimum Gasteiger partial charge on any atom is -0.348 e. The highest BCUT2D eigenvalue weighted by atomic mass is 32.2. The van der Waals surface area contributed by atoms with Crippen LogP contribution in [0.15, 0.2) is 47.5 Å². The molecule has 1 fully saturated rings. The van der Waals surface area contributed by atoms with Gasteiger partial charge in [-0.05, 0) is 18.4 Å². The third-order valence-corrected chi connectivity index (χ3v) is 7.38. The van der Waals surface area contributed by atoms with E-state index in [1.54, 1.807) is 6.20 Å². The minimum absolute atomic E-state index is 0.0481. The smallest absolute Gasteiger partial charge is 0.271 e. The summed E-state index contributed by atoms with van der Waals surface area (Å²) in [7, 11) is -3.31. The van der Waals surface area contributed by atoms with Crippen LogP contribution in [0, 0.1) is 0 Å². The fraction of sp³-hybridized carbons (Fsp3) is 0.350. The van der Waals surface area contributed by atoms with Crippen LogP contribution in [0.2, 0.25) is 0 Å². The maximum atomic E-state index is 12.9. The number of carbonyl (C=O) groups is 1. The molecule has 1 atom stereocenters. The molecule has 2 aromatic heterocycles. The number of thiazole rings is 1. The van der Waals surface area contributed by atoms with Gasteiger partial charge in [0.1, 0.15) is 5.56 Å². The van der Waals surface area contributed by atoms with E-state index in [1.807, 2.05) is 30.3 Å². The number of hydrogen-bond donors (Lipinski definition) is 1. The normalized spacial score (nSPS) is 17.8. The Morgan fingerprint density at radius 3 is 2.80 bits per heavy atom. The number of rotatable bonds is 5. The first-order valence-electron chi connectivity index (χ1n) is 9.61. The molecule has 1 aliphatic rings. The summed E-state index contributed by atoms with van der Waals surface area (Å²) in [6, 6.07) is 9.58. The minimum atomic E-state index is -3.31. The lowest BCUT2D eigenvalue weighted by molar-refractivity contribution is 0.0919. The molecule has 0 radical (unpaired) electrons. The Bertz CT molecular complexity index is 1230. The molecule has 30 heavy (non-hydrogen) atoms. The first-order chi connectivity index (χ1) is 14.3. The Kier molecular flexibility index (Phi) is 5.72. The van der Waals surface area contributed by atoms with Gasteiger partial charge in [-0.3, -0.25) is 14.0 Å². The summed E-state index contributed by atoms with van der Waals surface area (Å²) in [5.41, 5.74) is 0.652. The third kappa shape index (κ3) is 4.45. The van der Waals surface area contributed by atoms with Crippen LogP contribution in [0.1, 0.15) is 33.6 Å². The largest absolute Gasteiger partial charge is 0.348 e. The number of aromatic nitrogens is 2. The van der Waals surface area contributed by atoms with E-state index >= 15 is 0 Å². The van der Waals surface area contributed by atoms with Crippen molar-refractivity contribution in [2.75, 3.05) is 19.3 Å². The lowest BCUT2D eigenvalue weighted by Gasteiger charge is -2.31. The van der Waals surface area contributed by atoms with Gasteiger partial charge in [-0.2, -0.15) is 0 Å². The van der Waals surface area contributed by atoms with E-state index in [0.29, 0.717) is 30.8 Å². The maximum absolute atomic E-state index is 12.9. The predicted molar refractivity (Wildman–Crippen MR) is 115 cm³/mol. The van der Waals surface area contributed by atoms with Crippen molar-refractivity contribution in [3.05, 3.63) is 69.1 Å². The highest BCUT2D eigenvalue weighted by Crippen LogP contribution is 2.19. The van der Waals surface area contributed by atoms with E-state index in [0.717, 1.165) is 16.7 Å². The van der Waals surface area contributed by atoms with E-state index in [2.05, 4.69) is 10.3 Å². The fourth-order valence-corrected chi connectivity index (χ4v) is 5.47. The number of piperidine rings is 1. The Balaban J connectivity index is 1.53. The highest BCUT2D eigenvalue weighted by Gasteiger charge is 2.27. The van der Waals surface area contributed by atoms with Crippen molar-refractivity contribution in [1.29, 1.82) is 0 Å². The molecule has 1 aliphatic heterocycles. The van der Waals surface area contributed by atoms with Crippen LogP contribution >= 0.6 is 11.3 Å². The molecular weight excluding hydrogens is 424 g/mol. The summed E-state index contributed by atoms with van der Waals surface area (Å²) in [5.74, 6) is -0.530. The monoisotopic (exact) mass is 446 g/mol. The molecule has 3 aromatic rings. The van der Waals surface area contributed by atoms with Crippen LogP contribution < -0.4 is 10.9 Å². The number of nitrogens with one attached hydrogen (secondary N) is 1. The van der Waals surface area contributed by atoms with Crippen molar-refractivity contribution < 1.29 is 13.2 Å². The van der Waals surface area contributed by atoms with Crippen LogP contribution in [0.4, 0.5) is 0 Å². The molecule has 0 aliphatic carbocycles. The number of sulfonamides is 1. The van der Waals surface area contributed by atoms with Gasteiger partial charge in [0, 0.05) is 42.8 Å². The second-order valence-corrected chi connectivity index (χ2v) is 10.5. The highest BCUT2D eigenvalue weighted by molar-refractivity contribution is 7.88. The summed E-state index contributed by atoms with van der Waals surface area (Å²) in [6.45, 7) is 0.654. The molecule has 1 saturated heterocycles. The average Bonchev–Trinajstić information content (AvgIpc) is 3.12. The van der Waals surface area contributed by atoms with E-state index in [-0.39, 0.29) is 18.2 Å². The molecule has 0 saturated carbocycles. The summed E-state index contributed by atoms with van der Waals surface area (Å²) in [6.07, 6.45) is 6.18. The number of nitrogens with zero attached hydrogens (tertiary/aromatic N) is 3. The van der Waals surface area contributed by atoms with Gasteiger partial charge in [0.05, 0.1) is 6.26 Å². The van der Waals surface area contributed by atoms with Crippen molar-refractivity contribution in [3.8, 4) is 0 Å². The van der Waals surface area contributed by atoms with Crippen molar-refractivity contribution in [3.63, 3.8) is 0 Å². The first kappa shape index (κ1) is 20.7. The number of carbonyl (C=O) groups excluding carboxylic acids is 1. The van der Waals surface area contributed by atoms with Gasteiger partial charge in [0.15, 0.2) is 4.96 Å². The van der Waals surface area contributed by atoms with Gasteiger partial charge in [0.2, 0.25) is 10.0 Å². The molecule has 10 heteroatoms. The van der Waals surface area contributed by atoms with Gasteiger partial charge in [-0.15, -0.1) is 11.3 Å². The Labute approximate surface area is 178 Å². The molecule has 8 nitrogen and oxygen atoms in total. The summed E-state index contributed by atoms with van der Waals surface area (Å²) in [4.78, 5) is 31.4. The topological polar surface area (TPSA) is 101 Å². The Hall–Kier alpha value is -2.56. The quantitative estimate of drug-likeness (QED) is 0.640. The van der Waals surface area contributed by atoms with E-state index in [4.69, 9.17) is 0 Å². The lowest BCUT2D eigenvalue weighted by atomic mass is 10.1. The number of amides is 1. The zero-order valence-corrected chi connectivity index (χ0v) is 18.1. The van der Waals surface area contributed by atoms with Crippen molar-refractivity contribution in [2.24, 2.45) is 0 Å². The predicted octanol–water partition coefficient (Wildman–Crippen LogP) is 1.50. The molecule has 3 heterocycles. The molecule has 1 N–H and O–H groups in total. The number of fused-ring (bicyclic) bond motifs is 1. The molecule has 1 unspecified atom stereocenters. The maximum Gasteiger partial charge on any atom is 0.271 e. The molecular formula is C20H22N4O4S2. The summed E-state index contributed by atoms with van der Waals surface area (Å²) >= 11 is 1.41. The zero-order chi connectivity index (χ0) is 21.3. The standard InChI is InChI=1S/C20H22N4O4S2/c1-30(27,28)23-9-5-8-15(12-23)22-18(25)17-11-21-20-24(19(17)26)13-16(29-20)10-14-6-3-2-4-7-14/h2-4,6-7,11,13,15H,5,8-10,12H2,1H3,(H,22,25). The number of hydrogen-bond acceptors (Lipinski definition) is 6. The van der Waals surface area contributed by atoms with E-state index in [1.165, 1.54) is 26.2 Å². The van der Waals surface area contributed by atoms with Gasteiger partial charge in [0.25, 0.3) is 11.5 Å². The zero-order valence-electron chi connectivity index (χ0n) is 16.4. The van der Waals surface area contributed by atoms with Gasteiger partial charge in [-0.1, -0.05) is 30.3 Å². The van der Waals surface area contributed by atoms with Crippen LogP contribution in [-0.2, 0) is 16.4 Å². The van der Waals surface area contributed by atoms with Crippen molar-refractivity contribution >= 4 is 32.2 Å². The lowest BCUT2D eigenvalue weighted by Crippen LogP contribution is -2.50. The summed E-state index contributed by atoms with van der Waals surface area (Å²) < 4.78 is 26.3. The molecule has 158 valence electrons. The van der Waals surface area contributed by atoms with Gasteiger partial charge >= 0.3 is 0 Å². The van der Waals surface area contributed by atoms with Crippen LogP contribution in [-0.4, -0.2) is 53.4 Å². The molecule has 1 amide bonds. The van der Waals surface area contributed by atoms with E-state index < -0.39 is 21.5 Å². The second-order valence-electron chi connectivity index (χ2n) is 7.42. The first-order valence-corrected chi connectivity index (χ1v) is 12.3. The van der Waals surface area contributed by atoms with Crippen LogP contribution in [0.5, 0.6) is 0 Å². The fourth-order valence-electron chi connectivity index (χ4n) is 3.59. The average molecular weight is 447 g/mol. The Morgan fingerprint density at radius 1 is 1.30 bits per heavy atom. The van der Waals surface area contributed by atoms with Crippen LogP contribution in [0.3, 0.4) is 0 Å². The molecule has 0 bridgehead atoms. The Morgan fingerprint density at radius 2 is 2.07 bits per heavy atom. The number of benzene rings is 1. The van der Waals surface area contributed by atoms with Gasteiger partial charge in [-0.25, -0.2) is 17.7 Å². The van der Waals surface area contributed by atoms with Crippen LogP contribution in [0.25, 0.3) is 4.96 Å².